The molecule has 1 nitrogen and oxygen atoms in total. The van der Waals surface area contributed by atoms with Crippen LogP contribution in [0.4, 0.5) is 0 Å². The molecular formula is C5H4CuOS. The van der Waals surface area contributed by atoms with Crippen molar-refractivity contribution in [2.75, 3.05) is 0 Å². The second-order valence-corrected chi connectivity index (χ2v) is 2.11. The minimum absolute atomic E-state index is 0. The zero-order valence-electron chi connectivity index (χ0n) is 3.93. The van der Waals surface area contributed by atoms with Crippen LogP contribution in [0.15, 0.2) is 17.5 Å². The van der Waals surface area contributed by atoms with Gasteiger partial charge in [-0.2, -0.15) is 0 Å². The molecule has 0 fully saturated rings. The fraction of sp³-hybridized carbons (Fsp3) is 0. The summed E-state index contributed by atoms with van der Waals surface area (Å²) in [6.45, 7) is 0. The first-order valence-corrected chi connectivity index (χ1v) is 2.80. The largest absolute Gasteiger partial charge is 0.297 e. The Balaban J connectivity index is 0.000000490. The van der Waals surface area contributed by atoms with Crippen molar-refractivity contribution in [2.45, 2.75) is 0 Å². The maximum absolute atomic E-state index is 9.88. The quantitative estimate of drug-likeness (QED) is 0.468. The molecule has 0 atom stereocenters. The summed E-state index contributed by atoms with van der Waals surface area (Å²) < 4.78 is 0. The third-order valence-corrected chi connectivity index (χ3v) is 1.46. The van der Waals surface area contributed by atoms with Gasteiger partial charge in [-0.05, 0) is 11.4 Å². The fourth-order valence-corrected chi connectivity index (χ4v) is 0.885. The van der Waals surface area contributed by atoms with Crippen LogP contribution in [0, 0.1) is 0 Å². The van der Waals surface area contributed by atoms with Crippen molar-refractivity contribution in [3.63, 3.8) is 0 Å². The number of hydrogen-bond acceptors (Lipinski definition) is 2. The van der Waals surface area contributed by atoms with Crippen molar-refractivity contribution in [3.8, 4) is 0 Å². The fourth-order valence-electron chi connectivity index (χ4n) is 0.358. The molecule has 1 radical (unpaired) electrons. The van der Waals surface area contributed by atoms with E-state index in [4.69, 9.17) is 0 Å². The first-order chi connectivity index (χ1) is 3.43. The Hall–Kier alpha value is -0.111. The SMILES string of the molecule is O=Cc1cccs1.[Cu]. The molecule has 0 unspecified atom stereocenters. The summed E-state index contributed by atoms with van der Waals surface area (Å²) >= 11 is 1.45. The van der Waals surface area contributed by atoms with Crippen LogP contribution in [0.5, 0.6) is 0 Å². The van der Waals surface area contributed by atoms with E-state index < -0.39 is 0 Å². The van der Waals surface area contributed by atoms with E-state index in [2.05, 4.69) is 0 Å². The normalized spacial score (nSPS) is 7.50. The zero-order valence-corrected chi connectivity index (χ0v) is 5.69. The van der Waals surface area contributed by atoms with Gasteiger partial charge in [-0.15, -0.1) is 11.3 Å². The minimum Gasteiger partial charge on any atom is -0.297 e. The number of thiophene rings is 1. The Labute approximate surface area is 62.2 Å². The maximum Gasteiger partial charge on any atom is 0.159 e. The van der Waals surface area contributed by atoms with Gasteiger partial charge in [-0.25, -0.2) is 0 Å². The van der Waals surface area contributed by atoms with Gasteiger partial charge in [0.25, 0.3) is 0 Å². The number of aldehydes is 1. The van der Waals surface area contributed by atoms with Gasteiger partial charge in [0, 0.05) is 17.1 Å². The molecule has 3 heteroatoms. The Kier molecular flexibility index (Phi) is 3.79. The van der Waals surface area contributed by atoms with E-state index in [1.807, 2.05) is 11.4 Å². The van der Waals surface area contributed by atoms with Crippen molar-refractivity contribution >= 4 is 17.6 Å². The van der Waals surface area contributed by atoms with Crippen LogP contribution in [0.25, 0.3) is 0 Å². The van der Waals surface area contributed by atoms with Crippen LogP contribution in [-0.2, 0) is 17.1 Å². The van der Waals surface area contributed by atoms with E-state index in [-0.39, 0.29) is 17.1 Å². The number of carbonyl (C=O) groups is 1. The molecule has 0 aromatic carbocycles. The van der Waals surface area contributed by atoms with Crippen LogP contribution in [-0.4, -0.2) is 6.29 Å². The molecule has 0 saturated heterocycles. The summed E-state index contributed by atoms with van der Waals surface area (Å²) in [5.74, 6) is 0. The minimum atomic E-state index is 0. The first-order valence-electron chi connectivity index (χ1n) is 1.92. The van der Waals surface area contributed by atoms with E-state index in [1.54, 1.807) is 6.07 Å². The average Bonchev–Trinajstić information content (AvgIpc) is 2.14. The van der Waals surface area contributed by atoms with Gasteiger partial charge in [0.05, 0.1) is 4.88 Å². The van der Waals surface area contributed by atoms with Gasteiger partial charge in [0.15, 0.2) is 6.29 Å². The van der Waals surface area contributed by atoms with Crippen molar-refractivity contribution in [1.82, 2.24) is 0 Å². The smallest absolute Gasteiger partial charge is 0.159 e. The predicted octanol–water partition coefficient (Wildman–Crippen LogP) is 1.56. The number of carbonyl (C=O) groups excluding carboxylic acids is 1. The molecule has 0 aliphatic heterocycles. The molecule has 0 spiro atoms. The van der Waals surface area contributed by atoms with Crippen molar-refractivity contribution in [1.29, 1.82) is 0 Å². The van der Waals surface area contributed by atoms with Crippen LogP contribution in [0.3, 0.4) is 0 Å². The molecule has 0 aliphatic carbocycles. The third kappa shape index (κ3) is 1.78. The third-order valence-electron chi connectivity index (χ3n) is 0.659. The van der Waals surface area contributed by atoms with E-state index in [0.29, 0.717) is 0 Å². The molecule has 0 saturated carbocycles. The van der Waals surface area contributed by atoms with Crippen LogP contribution < -0.4 is 0 Å². The molecule has 0 amide bonds. The monoisotopic (exact) mass is 175 g/mol. The molecular weight excluding hydrogens is 172 g/mol. The Morgan fingerprint density at radius 3 is 2.62 bits per heavy atom. The van der Waals surface area contributed by atoms with Crippen LogP contribution in [0.1, 0.15) is 9.67 Å². The number of hydrogen-bond donors (Lipinski definition) is 0. The summed E-state index contributed by atoms with van der Waals surface area (Å²) in [6.07, 6.45) is 0.852. The van der Waals surface area contributed by atoms with Gasteiger partial charge in [0.1, 0.15) is 0 Å². The van der Waals surface area contributed by atoms with Crippen molar-refractivity contribution in [3.05, 3.63) is 22.4 Å². The molecule has 1 aromatic heterocycles. The molecule has 0 N–H and O–H groups in total. The van der Waals surface area contributed by atoms with E-state index in [0.717, 1.165) is 11.2 Å². The molecule has 8 heavy (non-hydrogen) atoms. The molecule has 1 aromatic rings. The summed E-state index contributed by atoms with van der Waals surface area (Å²) in [7, 11) is 0. The summed E-state index contributed by atoms with van der Waals surface area (Å²) in [4.78, 5) is 10.7. The molecule has 47 valence electrons. The summed E-state index contributed by atoms with van der Waals surface area (Å²) in [6, 6.07) is 3.64. The van der Waals surface area contributed by atoms with Gasteiger partial charge < -0.3 is 0 Å². The molecule has 1 heterocycles. The van der Waals surface area contributed by atoms with Crippen LogP contribution in [0.2, 0.25) is 0 Å². The average molecular weight is 176 g/mol. The first kappa shape index (κ1) is 7.89. The van der Waals surface area contributed by atoms with E-state index in [1.165, 1.54) is 11.3 Å². The van der Waals surface area contributed by atoms with Gasteiger partial charge in [-0.3, -0.25) is 4.79 Å². The van der Waals surface area contributed by atoms with Gasteiger partial charge in [-0.1, -0.05) is 6.07 Å². The van der Waals surface area contributed by atoms with Crippen molar-refractivity contribution in [2.24, 2.45) is 0 Å². The Morgan fingerprint density at radius 1 is 1.62 bits per heavy atom. The van der Waals surface area contributed by atoms with Crippen LogP contribution >= 0.6 is 11.3 Å². The molecule has 0 aliphatic rings. The number of rotatable bonds is 1. The van der Waals surface area contributed by atoms with Gasteiger partial charge >= 0.3 is 0 Å². The van der Waals surface area contributed by atoms with Crippen molar-refractivity contribution < 1.29 is 21.9 Å². The van der Waals surface area contributed by atoms with E-state index in [9.17, 15) is 4.79 Å². The topological polar surface area (TPSA) is 17.1 Å². The second kappa shape index (κ2) is 3.84. The Morgan fingerprint density at radius 2 is 2.38 bits per heavy atom. The maximum atomic E-state index is 9.88. The summed E-state index contributed by atoms with van der Waals surface area (Å²) in [5, 5.41) is 1.88. The Bertz CT molecular complexity index is 147. The zero-order chi connectivity index (χ0) is 5.11. The van der Waals surface area contributed by atoms with Gasteiger partial charge in [0.2, 0.25) is 0 Å². The predicted molar refractivity (Wildman–Crippen MR) is 29.7 cm³/mol. The molecule has 1 rings (SSSR count). The standard InChI is InChI=1S/C5H4OS.Cu/c6-4-5-2-1-3-7-5;/h1-4H;. The second-order valence-electron chi connectivity index (χ2n) is 1.13. The molecule has 0 bridgehead atoms. The summed E-state index contributed by atoms with van der Waals surface area (Å²) in [5.41, 5.74) is 0. The van der Waals surface area contributed by atoms with E-state index >= 15 is 0 Å².